The molecule has 0 radical (unpaired) electrons. The largest absolute Gasteiger partial charge is 0.353 e. The third kappa shape index (κ3) is 4.51. The Labute approximate surface area is 177 Å². The van der Waals surface area contributed by atoms with Gasteiger partial charge in [-0.3, -0.25) is 4.79 Å². The summed E-state index contributed by atoms with van der Waals surface area (Å²) in [7, 11) is 0. The molecule has 1 aliphatic carbocycles. The zero-order valence-electron chi connectivity index (χ0n) is 17.4. The monoisotopic (exact) mass is 400 g/mol. The Hall–Kier alpha value is -3.21. The Balaban J connectivity index is 1.21. The first-order valence-electron chi connectivity index (χ1n) is 10.6. The van der Waals surface area contributed by atoms with E-state index in [0.717, 1.165) is 48.5 Å². The number of allylic oxidation sites excluding steroid dienone is 6. The summed E-state index contributed by atoms with van der Waals surface area (Å²) in [6.07, 6.45) is 13.8. The van der Waals surface area contributed by atoms with Crippen molar-refractivity contribution in [1.29, 1.82) is 0 Å². The summed E-state index contributed by atoms with van der Waals surface area (Å²) in [5.74, 6) is 2.87. The van der Waals surface area contributed by atoms with Gasteiger partial charge in [-0.15, -0.1) is 0 Å². The summed E-state index contributed by atoms with van der Waals surface area (Å²) in [6, 6.07) is 8.09. The van der Waals surface area contributed by atoms with E-state index < -0.39 is 0 Å². The number of hydrogen-bond donors (Lipinski definition) is 1. The van der Waals surface area contributed by atoms with Gasteiger partial charge in [0.2, 0.25) is 11.9 Å². The van der Waals surface area contributed by atoms with E-state index in [1.54, 1.807) is 18.2 Å². The predicted octanol–water partition coefficient (Wildman–Crippen LogP) is 4.06. The Bertz CT molecular complexity index is 1010. The van der Waals surface area contributed by atoms with Crippen LogP contribution in [0, 0.1) is 17.8 Å². The fourth-order valence-corrected chi connectivity index (χ4v) is 4.35. The number of nitrogens with one attached hydrogen (secondary N) is 1. The van der Waals surface area contributed by atoms with Gasteiger partial charge in [-0.1, -0.05) is 49.1 Å². The van der Waals surface area contributed by atoms with Crippen LogP contribution in [0.3, 0.4) is 0 Å². The lowest BCUT2D eigenvalue weighted by molar-refractivity contribution is -0.116. The van der Waals surface area contributed by atoms with Crippen molar-refractivity contribution in [2.24, 2.45) is 17.8 Å². The second-order valence-corrected chi connectivity index (χ2v) is 7.93. The number of nitrogens with zero attached hydrogens (tertiary/aromatic N) is 3. The number of aromatic nitrogens is 2. The van der Waals surface area contributed by atoms with Crippen molar-refractivity contribution >= 4 is 22.8 Å². The van der Waals surface area contributed by atoms with Crippen molar-refractivity contribution in [3.05, 3.63) is 79.1 Å². The van der Waals surface area contributed by atoms with E-state index in [0.29, 0.717) is 17.8 Å². The fraction of sp³-hybridized carbons (Fsp3) is 0.320. The van der Waals surface area contributed by atoms with Crippen LogP contribution in [-0.2, 0) is 4.79 Å². The number of amides is 1. The number of carbonyl (C=O) groups excluding carboxylic acids is 1. The topological polar surface area (TPSA) is 58.1 Å². The summed E-state index contributed by atoms with van der Waals surface area (Å²) in [5.41, 5.74) is 1.91. The zero-order chi connectivity index (χ0) is 20.9. The number of para-hydroxylation sites is 1. The molecule has 30 heavy (non-hydrogen) atoms. The van der Waals surface area contributed by atoms with Crippen molar-refractivity contribution in [2.45, 2.75) is 13.3 Å². The quantitative estimate of drug-likeness (QED) is 0.536. The molecule has 3 atom stereocenters. The molecule has 1 aromatic carbocycles. The highest BCUT2D eigenvalue weighted by atomic mass is 16.1. The molecule has 5 nitrogen and oxygen atoms in total. The van der Waals surface area contributed by atoms with Gasteiger partial charge >= 0.3 is 0 Å². The minimum absolute atomic E-state index is 0.0553. The molecule has 0 spiro atoms. The number of rotatable bonds is 8. The maximum absolute atomic E-state index is 12.0. The molecule has 1 unspecified atom stereocenters. The van der Waals surface area contributed by atoms with Gasteiger partial charge in [-0.05, 0) is 48.8 Å². The van der Waals surface area contributed by atoms with E-state index in [1.807, 2.05) is 55.6 Å². The summed E-state index contributed by atoms with van der Waals surface area (Å²) < 4.78 is 0. The maximum atomic E-state index is 12.0. The van der Waals surface area contributed by atoms with Gasteiger partial charge < -0.3 is 10.2 Å². The minimum atomic E-state index is -0.0553. The molecule has 1 saturated carbocycles. The molecule has 4 rings (SSSR count). The second-order valence-electron chi connectivity index (χ2n) is 7.93. The highest BCUT2D eigenvalue weighted by molar-refractivity contribution is 5.88. The first-order chi connectivity index (χ1) is 14.7. The summed E-state index contributed by atoms with van der Waals surface area (Å²) in [4.78, 5) is 23.6. The summed E-state index contributed by atoms with van der Waals surface area (Å²) in [5, 5.41) is 4.07. The molecule has 1 saturated heterocycles. The number of benzene rings is 1. The van der Waals surface area contributed by atoms with Crippen LogP contribution in [0.2, 0.25) is 0 Å². The molecule has 1 N–H and O–H groups in total. The smallest absolute Gasteiger partial charge is 0.243 e. The molecule has 2 fully saturated rings. The lowest BCUT2D eigenvalue weighted by Crippen LogP contribution is -2.27. The third-order valence-corrected chi connectivity index (χ3v) is 6.05. The molecular weight excluding hydrogens is 372 g/mol. The second kappa shape index (κ2) is 9.08. The molecule has 1 aromatic heterocycles. The fourth-order valence-electron chi connectivity index (χ4n) is 4.35. The van der Waals surface area contributed by atoms with Crippen molar-refractivity contribution < 1.29 is 4.79 Å². The maximum Gasteiger partial charge on any atom is 0.243 e. The molecule has 2 aromatic rings. The highest BCUT2D eigenvalue weighted by Gasteiger charge is 2.55. The average Bonchev–Trinajstić information content (AvgIpc) is 3.21. The molecule has 5 heteroatoms. The molecule has 154 valence electrons. The van der Waals surface area contributed by atoms with Gasteiger partial charge in [0.25, 0.3) is 0 Å². The zero-order valence-corrected chi connectivity index (χ0v) is 17.4. The highest BCUT2D eigenvalue weighted by Crippen LogP contribution is 2.53. The number of fused-ring (bicyclic) bond motifs is 2. The number of carbonyl (C=O) groups is 1. The number of piperidine rings is 1. The molecule has 0 bridgehead atoms. The lowest BCUT2D eigenvalue weighted by atomic mass is 10.2. The van der Waals surface area contributed by atoms with Crippen molar-refractivity contribution in [2.75, 3.05) is 24.5 Å². The normalized spacial score (nSPS) is 23.3. The SMILES string of the molecule is C=CC(/C=C/C(=O)NCCC1[C@H]2CN(c3ncc4ccccc4n3)C[C@@H]12)=C\C=C/C. The van der Waals surface area contributed by atoms with Crippen LogP contribution < -0.4 is 10.2 Å². The van der Waals surface area contributed by atoms with Gasteiger partial charge in [0.15, 0.2) is 0 Å². The van der Waals surface area contributed by atoms with Crippen LogP contribution in [-0.4, -0.2) is 35.5 Å². The van der Waals surface area contributed by atoms with E-state index in [9.17, 15) is 4.79 Å². The Morgan fingerprint density at radius 1 is 1.27 bits per heavy atom. The van der Waals surface area contributed by atoms with E-state index >= 15 is 0 Å². The Morgan fingerprint density at radius 2 is 2.07 bits per heavy atom. The van der Waals surface area contributed by atoms with Crippen LogP contribution >= 0.6 is 0 Å². The minimum Gasteiger partial charge on any atom is -0.353 e. The van der Waals surface area contributed by atoms with Gasteiger partial charge in [-0.25, -0.2) is 9.97 Å². The van der Waals surface area contributed by atoms with Crippen molar-refractivity contribution in [3.8, 4) is 0 Å². The van der Waals surface area contributed by atoms with Gasteiger partial charge in [0, 0.05) is 37.3 Å². The molecule has 1 amide bonds. The molecular formula is C25H28N4O. The van der Waals surface area contributed by atoms with Gasteiger partial charge in [0.1, 0.15) is 0 Å². The summed E-state index contributed by atoms with van der Waals surface area (Å²) >= 11 is 0. The third-order valence-electron chi connectivity index (χ3n) is 6.05. The number of anilines is 1. The van der Waals surface area contributed by atoms with Crippen LogP contribution in [0.25, 0.3) is 10.9 Å². The van der Waals surface area contributed by atoms with Gasteiger partial charge in [0.05, 0.1) is 5.52 Å². The van der Waals surface area contributed by atoms with Crippen LogP contribution in [0.5, 0.6) is 0 Å². The Kier molecular flexibility index (Phi) is 6.07. The predicted molar refractivity (Wildman–Crippen MR) is 122 cm³/mol. The average molecular weight is 401 g/mol. The molecule has 1 aliphatic heterocycles. The van der Waals surface area contributed by atoms with Crippen LogP contribution in [0.1, 0.15) is 13.3 Å². The van der Waals surface area contributed by atoms with Crippen molar-refractivity contribution in [3.63, 3.8) is 0 Å². The molecule has 2 heterocycles. The van der Waals surface area contributed by atoms with Crippen LogP contribution in [0.4, 0.5) is 5.95 Å². The Morgan fingerprint density at radius 3 is 2.83 bits per heavy atom. The summed E-state index contributed by atoms with van der Waals surface area (Å²) in [6.45, 7) is 8.46. The first-order valence-corrected chi connectivity index (χ1v) is 10.6. The standard InChI is InChI=1S/C25H28N4O/c1-3-5-8-18(4-2)11-12-24(30)26-14-13-20-21-16-29(17-22(20)21)25-27-15-19-9-6-7-10-23(19)28-25/h3-12,15,20-22H,2,13-14,16-17H2,1H3,(H,26,30)/b5-3-,12-11+,18-8+/t20?,21-,22+. The number of hydrogen-bond acceptors (Lipinski definition) is 4. The lowest BCUT2D eigenvalue weighted by Gasteiger charge is -2.20. The first kappa shape index (κ1) is 20.1. The van der Waals surface area contributed by atoms with Crippen LogP contribution in [0.15, 0.2) is 79.1 Å². The van der Waals surface area contributed by atoms with Crippen molar-refractivity contribution in [1.82, 2.24) is 15.3 Å². The van der Waals surface area contributed by atoms with E-state index in [2.05, 4.69) is 21.8 Å². The van der Waals surface area contributed by atoms with E-state index in [-0.39, 0.29) is 5.91 Å². The molecule has 2 aliphatic rings. The van der Waals surface area contributed by atoms with E-state index in [4.69, 9.17) is 4.98 Å². The van der Waals surface area contributed by atoms with E-state index in [1.165, 1.54) is 0 Å². The van der Waals surface area contributed by atoms with Gasteiger partial charge in [-0.2, -0.15) is 0 Å².